The summed E-state index contributed by atoms with van der Waals surface area (Å²) in [5.41, 5.74) is 5.34. The van der Waals surface area contributed by atoms with Gasteiger partial charge in [0.1, 0.15) is 11.2 Å². The lowest BCUT2D eigenvalue weighted by Gasteiger charge is -2.26. The largest absolute Gasteiger partial charge is 0.382 e. The Morgan fingerprint density at radius 2 is 0.810 bits per heavy atom. The van der Waals surface area contributed by atoms with Crippen molar-refractivity contribution in [1.29, 1.82) is 0 Å². The van der Waals surface area contributed by atoms with E-state index in [4.69, 9.17) is 38.9 Å². The fraction of sp³-hybridized carbons (Fsp3) is 0.689. The minimum absolute atomic E-state index is 0.00452. The normalized spacial score (nSPS) is 16.7. The lowest BCUT2D eigenvalue weighted by atomic mass is 9.91. The number of ketones is 2. The molecular formula is C45H74N2O11. The van der Waals surface area contributed by atoms with Gasteiger partial charge in [-0.3, -0.25) is 9.59 Å². The number of aliphatic hydroxyl groups is 2. The maximum Gasteiger partial charge on any atom is 0.193 e. The molecule has 0 aromatic heterocycles. The van der Waals surface area contributed by atoms with Crippen LogP contribution < -0.4 is 11.1 Å². The van der Waals surface area contributed by atoms with Crippen molar-refractivity contribution in [2.24, 2.45) is 5.73 Å². The molecule has 5 N–H and O–H groups in total. The lowest BCUT2D eigenvalue weighted by molar-refractivity contribution is -0.104. The molecule has 13 heteroatoms. The van der Waals surface area contributed by atoms with E-state index in [1.807, 2.05) is 79.7 Å². The third-order valence-corrected chi connectivity index (χ3v) is 9.02. The summed E-state index contributed by atoms with van der Waals surface area (Å²) in [6.45, 7) is 25.0. The van der Waals surface area contributed by atoms with Gasteiger partial charge in [-0.15, -0.1) is 0 Å². The fourth-order valence-electron chi connectivity index (χ4n) is 5.59. The van der Waals surface area contributed by atoms with Crippen LogP contribution in [0.15, 0.2) is 48.5 Å². The minimum Gasteiger partial charge on any atom is -0.382 e. The SMILES string of the molecule is CC(N)COC(C)COC(C)COC(C)COC(C)COC(C)COC(C)COCC(C)NC(c1ccc(C(=O)C(C)(C)O)cc1)c1ccc(C(=O)C(C)(C)O)cc1. The standard InChI is InChI=1S/C45H74N2O11/c1-29(46)21-53-32(4)24-55-34(6)26-57-36(8)28-58-35(7)27-56-33(5)25-54-31(3)23-52-22-30(2)47-41(37-13-17-39(18-14-37)42(48)44(9,10)50)38-15-19-40(20-16-38)43(49)45(11,12)51/h13-20,29-36,41,47,50-51H,21-28,46H2,1-12H3. The number of ether oxygens (including phenoxy) is 7. The molecule has 2 rings (SSSR count). The molecule has 0 aliphatic carbocycles. The van der Waals surface area contributed by atoms with E-state index in [-0.39, 0.29) is 66.3 Å². The van der Waals surface area contributed by atoms with Gasteiger partial charge in [-0.25, -0.2) is 0 Å². The Morgan fingerprint density at radius 3 is 1.10 bits per heavy atom. The Kier molecular flexibility index (Phi) is 22.4. The highest BCUT2D eigenvalue weighted by atomic mass is 16.6. The zero-order valence-corrected chi connectivity index (χ0v) is 37.1. The molecule has 0 aliphatic heterocycles. The van der Waals surface area contributed by atoms with Crippen LogP contribution in [0.5, 0.6) is 0 Å². The number of Topliss-reactive ketones (excluding diaryl/α,β-unsaturated/α-hetero) is 2. The second kappa shape index (κ2) is 25.2. The molecule has 0 spiro atoms. The predicted molar refractivity (Wildman–Crippen MR) is 226 cm³/mol. The summed E-state index contributed by atoms with van der Waals surface area (Å²) in [6.07, 6.45) is -0.635. The first-order chi connectivity index (χ1) is 27.1. The summed E-state index contributed by atoms with van der Waals surface area (Å²) >= 11 is 0. The molecule has 13 nitrogen and oxygen atoms in total. The van der Waals surface area contributed by atoms with Crippen molar-refractivity contribution in [2.75, 3.05) is 52.9 Å². The van der Waals surface area contributed by atoms with Crippen molar-refractivity contribution < 1.29 is 53.0 Å². The Morgan fingerprint density at radius 1 is 0.517 bits per heavy atom. The summed E-state index contributed by atoms with van der Waals surface area (Å²) < 4.78 is 41.3. The summed E-state index contributed by atoms with van der Waals surface area (Å²) in [7, 11) is 0. The lowest BCUT2D eigenvalue weighted by Crippen LogP contribution is -2.36. The number of carbonyl (C=O) groups is 2. The summed E-state index contributed by atoms with van der Waals surface area (Å²) in [4.78, 5) is 25.3. The molecular weight excluding hydrogens is 744 g/mol. The Hall–Kier alpha value is -2.66. The van der Waals surface area contributed by atoms with E-state index in [2.05, 4.69) is 5.32 Å². The van der Waals surface area contributed by atoms with Gasteiger partial charge < -0.3 is 54.4 Å². The van der Waals surface area contributed by atoms with Gasteiger partial charge in [-0.05, 0) is 94.2 Å². The third kappa shape index (κ3) is 20.1. The number of rotatable bonds is 30. The molecule has 0 radical (unpaired) electrons. The molecule has 0 amide bonds. The first kappa shape index (κ1) is 51.5. The van der Waals surface area contributed by atoms with E-state index in [9.17, 15) is 19.8 Å². The minimum atomic E-state index is -1.49. The smallest absolute Gasteiger partial charge is 0.193 e. The first-order valence-electron chi connectivity index (χ1n) is 20.6. The third-order valence-electron chi connectivity index (χ3n) is 9.02. The molecule has 2 aromatic rings. The first-order valence-corrected chi connectivity index (χ1v) is 20.6. The Bertz CT molecular complexity index is 1390. The summed E-state index contributed by atoms with van der Waals surface area (Å²) in [5.74, 6) is -0.738. The van der Waals surface area contributed by atoms with E-state index in [1.54, 1.807) is 24.3 Å². The van der Waals surface area contributed by atoms with E-state index < -0.39 is 11.2 Å². The molecule has 0 heterocycles. The number of carbonyl (C=O) groups excluding carboxylic acids is 2. The highest BCUT2D eigenvalue weighted by Crippen LogP contribution is 2.26. The Labute approximate surface area is 347 Å². The van der Waals surface area contributed by atoms with Crippen LogP contribution in [0.4, 0.5) is 0 Å². The quantitative estimate of drug-likeness (QED) is 0.0733. The van der Waals surface area contributed by atoms with Crippen molar-refractivity contribution in [3.8, 4) is 0 Å². The van der Waals surface area contributed by atoms with Crippen molar-refractivity contribution in [2.45, 2.75) is 149 Å². The summed E-state index contributed by atoms with van der Waals surface area (Å²) in [6, 6.07) is 13.8. The van der Waals surface area contributed by atoms with Crippen LogP contribution in [0.3, 0.4) is 0 Å². The van der Waals surface area contributed by atoms with Gasteiger partial charge in [0.2, 0.25) is 0 Å². The molecule has 0 saturated carbocycles. The number of benzene rings is 2. The van der Waals surface area contributed by atoms with Gasteiger partial charge >= 0.3 is 0 Å². The maximum absolute atomic E-state index is 12.7. The average molecular weight is 819 g/mol. The molecule has 0 bridgehead atoms. The molecule has 0 saturated heterocycles. The molecule has 8 atom stereocenters. The van der Waals surface area contributed by atoms with Crippen molar-refractivity contribution in [3.63, 3.8) is 0 Å². The van der Waals surface area contributed by atoms with Gasteiger partial charge in [-0.1, -0.05) is 48.5 Å². The van der Waals surface area contributed by atoms with Gasteiger partial charge in [0, 0.05) is 23.2 Å². The van der Waals surface area contributed by atoms with Crippen LogP contribution in [-0.2, 0) is 33.2 Å². The second-order valence-corrected chi connectivity index (χ2v) is 16.9. The molecule has 58 heavy (non-hydrogen) atoms. The average Bonchev–Trinajstić information content (AvgIpc) is 3.16. The van der Waals surface area contributed by atoms with E-state index in [0.29, 0.717) is 64.0 Å². The van der Waals surface area contributed by atoms with Gasteiger partial charge in [-0.2, -0.15) is 0 Å². The van der Waals surface area contributed by atoms with Gasteiger partial charge in [0.15, 0.2) is 11.6 Å². The van der Waals surface area contributed by atoms with E-state index in [0.717, 1.165) is 11.1 Å². The van der Waals surface area contributed by atoms with Crippen molar-refractivity contribution in [1.82, 2.24) is 5.32 Å². The van der Waals surface area contributed by atoms with Crippen LogP contribution in [0.2, 0.25) is 0 Å². The molecule has 2 aromatic carbocycles. The number of nitrogens with two attached hydrogens (primary N) is 1. The van der Waals surface area contributed by atoms with Gasteiger partial charge in [0.25, 0.3) is 0 Å². The molecule has 8 unspecified atom stereocenters. The fourth-order valence-corrected chi connectivity index (χ4v) is 5.59. The van der Waals surface area contributed by atoms with Crippen LogP contribution in [-0.4, -0.2) is 135 Å². The number of hydrogen-bond donors (Lipinski definition) is 4. The predicted octanol–water partition coefficient (Wildman–Crippen LogP) is 5.46. The number of hydrogen-bond acceptors (Lipinski definition) is 13. The van der Waals surface area contributed by atoms with Crippen molar-refractivity contribution >= 4 is 11.6 Å². The molecule has 330 valence electrons. The summed E-state index contributed by atoms with van der Waals surface area (Å²) in [5, 5.41) is 24.0. The maximum atomic E-state index is 12.7. The highest BCUT2D eigenvalue weighted by Gasteiger charge is 2.27. The monoisotopic (exact) mass is 819 g/mol. The zero-order chi connectivity index (χ0) is 43.6. The van der Waals surface area contributed by atoms with E-state index in [1.165, 1.54) is 27.7 Å². The molecule has 0 aliphatic rings. The topological polar surface area (TPSA) is 177 Å². The zero-order valence-electron chi connectivity index (χ0n) is 37.1. The Balaban J connectivity index is 1.79. The number of nitrogens with one attached hydrogen (secondary N) is 1. The van der Waals surface area contributed by atoms with Crippen LogP contribution in [0.25, 0.3) is 0 Å². The van der Waals surface area contributed by atoms with Crippen LogP contribution in [0, 0.1) is 0 Å². The van der Waals surface area contributed by atoms with Crippen LogP contribution >= 0.6 is 0 Å². The van der Waals surface area contributed by atoms with E-state index >= 15 is 0 Å². The van der Waals surface area contributed by atoms with Gasteiger partial charge in [0.05, 0.1) is 95.5 Å². The molecule has 0 fully saturated rings. The van der Waals surface area contributed by atoms with Crippen LogP contribution in [0.1, 0.15) is 121 Å². The van der Waals surface area contributed by atoms with Crippen molar-refractivity contribution in [3.05, 3.63) is 70.8 Å². The highest BCUT2D eigenvalue weighted by molar-refractivity contribution is 6.02. The second-order valence-electron chi connectivity index (χ2n) is 16.9.